The Morgan fingerprint density at radius 1 is 1.31 bits per heavy atom. The molecule has 1 N–H and O–H groups in total. The van der Waals surface area contributed by atoms with Gasteiger partial charge in [0.15, 0.2) is 0 Å². The van der Waals surface area contributed by atoms with Crippen LogP contribution in [0.1, 0.15) is 25.8 Å². The Kier molecular flexibility index (Phi) is 3.92. The van der Waals surface area contributed by atoms with Gasteiger partial charge in [0, 0.05) is 19.3 Å². The maximum atomic E-state index is 9.63. The van der Waals surface area contributed by atoms with Crippen LogP contribution < -0.4 is 4.90 Å². The van der Waals surface area contributed by atoms with Crippen LogP contribution >= 0.6 is 0 Å². The van der Waals surface area contributed by atoms with E-state index in [1.807, 2.05) is 19.2 Å². The molecule has 0 amide bonds. The minimum Gasteiger partial charge on any atom is -0.390 e. The van der Waals surface area contributed by atoms with Gasteiger partial charge in [-0.3, -0.25) is 0 Å². The highest BCUT2D eigenvalue weighted by atomic mass is 16.3. The first-order valence-electron chi connectivity index (χ1n) is 5.36. The fourth-order valence-electron chi connectivity index (χ4n) is 1.36. The number of hydrogen-bond donors (Lipinski definition) is 1. The van der Waals surface area contributed by atoms with Crippen molar-refractivity contribution in [3.05, 3.63) is 29.8 Å². The van der Waals surface area contributed by atoms with E-state index < -0.39 is 5.60 Å². The van der Waals surface area contributed by atoms with Crippen molar-refractivity contribution in [2.24, 2.45) is 0 Å². The van der Waals surface area contributed by atoms with Crippen LogP contribution in [-0.4, -0.2) is 24.3 Å². The highest BCUT2D eigenvalue weighted by Crippen LogP contribution is 2.16. The summed E-state index contributed by atoms with van der Waals surface area (Å²) in [5.41, 5.74) is 1.09. The Balaban J connectivity index is 2.60. The number of rotatable bonds is 4. The molecule has 0 unspecified atom stereocenters. The molecule has 1 aromatic carbocycles. The predicted molar refractivity (Wildman–Crippen MR) is 65.3 cm³/mol. The third-order valence-corrected chi connectivity index (χ3v) is 2.50. The van der Waals surface area contributed by atoms with Gasteiger partial charge in [0.2, 0.25) is 0 Å². The Morgan fingerprint density at radius 2 is 1.88 bits per heavy atom. The second-order valence-electron chi connectivity index (χ2n) is 4.64. The normalized spacial score (nSPS) is 10.9. The molecular weight excluding hydrogens is 200 g/mol. The molecule has 0 spiro atoms. The fraction of sp³-hybridized carbons (Fsp3) is 0.462. The first-order valence-corrected chi connectivity index (χ1v) is 5.36. The van der Waals surface area contributed by atoms with Crippen molar-refractivity contribution in [1.29, 1.82) is 5.26 Å². The van der Waals surface area contributed by atoms with Gasteiger partial charge in [-0.1, -0.05) is 0 Å². The largest absolute Gasteiger partial charge is 0.390 e. The Labute approximate surface area is 96.9 Å². The number of benzene rings is 1. The zero-order valence-electron chi connectivity index (χ0n) is 10.1. The lowest BCUT2D eigenvalue weighted by molar-refractivity contribution is 0.0734. The molecule has 0 fully saturated rings. The number of nitriles is 1. The van der Waals surface area contributed by atoms with Crippen LogP contribution in [0.5, 0.6) is 0 Å². The van der Waals surface area contributed by atoms with Gasteiger partial charge in [0.05, 0.1) is 17.2 Å². The van der Waals surface area contributed by atoms with E-state index in [2.05, 4.69) is 11.0 Å². The third kappa shape index (κ3) is 3.92. The standard InChI is InChI=1S/C13H18N2O/c1-13(2,16)8-9-15(3)12-6-4-11(10-14)5-7-12/h4-7,16H,8-9H2,1-3H3. The molecule has 1 aromatic rings. The van der Waals surface area contributed by atoms with E-state index in [0.29, 0.717) is 12.0 Å². The summed E-state index contributed by atoms with van der Waals surface area (Å²) in [7, 11) is 1.98. The SMILES string of the molecule is CN(CCC(C)(C)O)c1ccc(C#N)cc1. The van der Waals surface area contributed by atoms with Gasteiger partial charge in [-0.05, 0) is 44.5 Å². The highest BCUT2D eigenvalue weighted by molar-refractivity contribution is 5.48. The molecule has 86 valence electrons. The first kappa shape index (κ1) is 12.5. The predicted octanol–water partition coefficient (Wildman–Crippen LogP) is 2.16. The van der Waals surface area contributed by atoms with Gasteiger partial charge >= 0.3 is 0 Å². The van der Waals surface area contributed by atoms with Crippen LogP contribution in [0.4, 0.5) is 5.69 Å². The van der Waals surface area contributed by atoms with Crippen molar-refractivity contribution < 1.29 is 5.11 Å². The highest BCUT2D eigenvalue weighted by Gasteiger charge is 2.13. The van der Waals surface area contributed by atoms with E-state index in [9.17, 15) is 5.11 Å². The Hall–Kier alpha value is -1.53. The van der Waals surface area contributed by atoms with E-state index in [4.69, 9.17) is 5.26 Å². The summed E-state index contributed by atoms with van der Waals surface area (Å²) >= 11 is 0. The molecule has 0 heterocycles. The lowest BCUT2D eigenvalue weighted by atomic mass is 10.1. The van der Waals surface area contributed by atoms with E-state index in [1.165, 1.54) is 0 Å². The molecule has 1 rings (SSSR count). The quantitative estimate of drug-likeness (QED) is 0.842. The van der Waals surface area contributed by atoms with Crippen molar-refractivity contribution in [3.8, 4) is 6.07 Å². The van der Waals surface area contributed by atoms with Crippen LogP contribution in [0.3, 0.4) is 0 Å². The summed E-state index contributed by atoms with van der Waals surface area (Å²) in [4.78, 5) is 2.07. The summed E-state index contributed by atoms with van der Waals surface area (Å²) < 4.78 is 0. The average molecular weight is 218 g/mol. The van der Waals surface area contributed by atoms with Gasteiger partial charge in [0.25, 0.3) is 0 Å². The number of anilines is 1. The monoisotopic (exact) mass is 218 g/mol. The molecule has 3 nitrogen and oxygen atoms in total. The van der Waals surface area contributed by atoms with Gasteiger partial charge in [-0.15, -0.1) is 0 Å². The van der Waals surface area contributed by atoms with Crippen molar-refractivity contribution >= 4 is 5.69 Å². The van der Waals surface area contributed by atoms with Crippen LogP contribution in [0, 0.1) is 11.3 Å². The Morgan fingerprint density at radius 3 is 2.31 bits per heavy atom. The molecule has 0 saturated carbocycles. The lowest BCUT2D eigenvalue weighted by Crippen LogP contribution is -2.28. The molecule has 16 heavy (non-hydrogen) atoms. The minimum atomic E-state index is -0.638. The van der Waals surface area contributed by atoms with E-state index in [0.717, 1.165) is 12.2 Å². The maximum Gasteiger partial charge on any atom is 0.0991 e. The fourth-order valence-corrected chi connectivity index (χ4v) is 1.36. The lowest BCUT2D eigenvalue weighted by Gasteiger charge is -2.24. The number of nitrogens with zero attached hydrogens (tertiary/aromatic N) is 2. The van der Waals surface area contributed by atoms with Crippen LogP contribution in [-0.2, 0) is 0 Å². The Bertz CT molecular complexity index is 370. The molecule has 0 atom stereocenters. The molecule has 0 aromatic heterocycles. The third-order valence-electron chi connectivity index (χ3n) is 2.50. The second kappa shape index (κ2) is 5.00. The van der Waals surface area contributed by atoms with E-state index in [-0.39, 0.29) is 0 Å². The van der Waals surface area contributed by atoms with Crippen molar-refractivity contribution in [2.75, 3.05) is 18.5 Å². The van der Waals surface area contributed by atoms with Gasteiger partial charge in [0.1, 0.15) is 0 Å². The molecule has 0 bridgehead atoms. The van der Waals surface area contributed by atoms with E-state index in [1.54, 1.807) is 26.0 Å². The molecule has 0 radical (unpaired) electrons. The van der Waals surface area contributed by atoms with E-state index >= 15 is 0 Å². The number of aliphatic hydroxyl groups is 1. The molecule has 0 aliphatic rings. The van der Waals surface area contributed by atoms with Crippen molar-refractivity contribution in [3.63, 3.8) is 0 Å². The summed E-state index contributed by atoms with van der Waals surface area (Å²) in [6, 6.07) is 9.53. The van der Waals surface area contributed by atoms with Gasteiger partial charge in [-0.2, -0.15) is 5.26 Å². The van der Waals surface area contributed by atoms with Crippen molar-refractivity contribution in [1.82, 2.24) is 0 Å². The molecule has 0 aliphatic heterocycles. The van der Waals surface area contributed by atoms with Crippen LogP contribution in [0.25, 0.3) is 0 Å². The molecule has 0 aliphatic carbocycles. The summed E-state index contributed by atoms with van der Waals surface area (Å²) in [6.45, 7) is 4.40. The van der Waals surface area contributed by atoms with Crippen molar-refractivity contribution in [2.45, 2.75) is 25.9 Å². The smallest absolute Gasteiger partial charge is 0.0991 e. The second-order valence-corrected chi connectivity index (χ2v) is 4.64. The molecule has 3 heteroatoms. The number of hydrogen-bond acceptors (Lipinski definition) is 3. The summed E-state index contributed by atoms with van der Waals surface area (Å²) in [5, 5.41) is 18.3. The average Bonchev–Trinajstić information content (AvgIpc) is 2.25. The van der Waals surface area contributed by atoms with Crippen LogP contribution in [0.2, 0.25) is 0 Å². The molecule has 0 saturated heterocycles. The first-order chi connectivity index (χ1) is 7.42. The van der Waals surface area contributed by atoms with Gasteiger partial charge in [-0.25, -0.2) is 0 Å². The summed E-state index contributed by atoms with van der Waals surface area (Å²) in [5.74, 6) is 0. The van der Waals surface area contributed by atoms with Crippen LogP contribution in [0.15, 0.2) is 24.3 Å². The summed E-state index contributed by atoms with van der Waals surface area (Å²) in [6.07, 6.45) is 0.712. The topological polar surface area (TPSA) is 47.3 Å². The zero-order valence-corrected chi connectivity index (χ0v) is 10.1. The van der Waals surface area contributed by atoms with Gasteiger partial charge < -0.3 is 10.0 Å². The zero-order chi connectivity index (χ0) is 12.2. The minimum absolute atomic E-state index is 0.638. The molecular formula is C13H18N2O. The maximum absolute atomic E-state index is 9.63.